The molecule has 0 bridgehead atoms. The number of rotatable bonds is 6. The lowest BCUT2D eigenvalue weighted by molar-refractivity contribution is -0.137. The number of anilines is 1. The Balaban J connectivity index is 1.40. The van der Waals surface area contributed by atoms with Gasteiger partial charge in [0.2, 0.25) is 0 Å². The lowest BCUT2D eigenvalue weighted by atomic mass is 10.1. The van der Waals surface area contributed by atoms with Crippen LogP contribution in [0.2, 0.25) is 0 Å². The fraction of sp³-hybridized carbons (Fsp3) is 0.421. The highest BCUT2D eigenvalue weighted by atomic mass is 19.4. The fourth-order valence-electron chi connectivity index (χ4n) is 3.11. The molecule has 0 aliphatic carbocycles. The van der Waals surface area contributed by atoms with E-state index in [2.05, 4.69) is 10.2 Å². The average Bonchev–Trinajstić information content (AvgIpc) is 3.20. The van der Waals surface area contributed by atoms with Crippen molar-refractivity contribution in [2.24, 2.45) is 0 Å². The van der Waals surface area contributed by atoms with Gasteiger partial charge in [-0.05, 0) is 43.3 Å². The van der Waals surface area contributed by atoms with E-state index in [0.717, 1.165) is 32.1 Å². The monoisotopic (exact) mass is 381 g/mol. The van der Waals surface area contributed by atoms with E-state index in [4.69, 9.17) is 4.42 Å². The minimum atomic E-state index is -4.32. The molecule has 1 aromatic heterocycles. The van der Waals surface area contributed by atoms with Gasteiger partial charge in [-0.25, -0.2) is 0 Å². The molecule has 8 heteroatoms. The molecule has 146 valence electrons. The van der Waals surface area contributed by atoms with Gasteiger partial charge in [0.05, 0.1) is 11.8 Å². The smallest absolute Gasteiger partial charge is 0.416 e. The van der Waals surface area contributed by atoms with Crippen LogP contribution in [0.4, 0.5) is 18.9 Å². The maximum Gasteiger partial charge on any atom is 0.416 e. The van der Waals surface area contributed by atoms with Gasteiger partial charge in [-0.15, -0.1) is 0 Å². The number of nitrogens with zero attached hydrogens (tertiary/aromatic N) is 2. The first kappa shape index (κ1) is 19.3. The topological polar surface area (TPSA) is 48.7 Å². The molecule has 0 spiro atoms. The number of benzene rings is 1. The van der Waals surface area contributed by atoms with Crippen LogP contribution in [0.15, 0.2) is 47.1 Å². The van der Waals surface area contributed by atoms with Crippen LogP contribution in [0.25, 0.3) is 0 Å². The molecule has 3 rings (SSSR count). The van der Waals surface area contributed by atoms with Crippen molar-refractivity contribution in [1.29, 1.82) is 0 Å². The molecule has 0 unspecified atom stereocenters. The van der Waals surface area contributed by atoms with Crippen LogP contribution in [0, 0.1) is 0 Å². The summed E-state index contributed by atoms with van der Waals surface area (Å²) in [5, 5.41) is 2.80. The number of furan rings is 1. The van der Waals surface area contributed by atoms with Gasteiger partial charge in [0.25, 0.3) is 5.91 Å². The predicted octanol–water partition coefficient (Wildman–Crippen LogP) is 3.24. The molecule has 0 saturated carbocycles. The normalized spacial score (nSPS) is 15.7. The summed E-state index contributed by atoms with van der Waals surface area (Å²) < 4.78 is 43.6. The van der Waals surface area contributed by atoms with Crippen molar-refractivity contribution in [3.63, 3.8) is 0 Å². The predicted molar refractivity (Wildman–Crippen MR) is 95.8 cm³/mol. The zero-order valence-electron chi connectivity index (χ0n) is 14.8. The Bertz CT molecular complexity index is 739. The summed E-state index contributed by atoms with van der Waals surface area (Å²) in [4.78, 5) is 16.0. The van der Waals surface area contributed by atoms with Gasteiger partial charge in [-0.1, -0.05) is 6.07 Å². The van der Waals surface area contributed by atoms with Crippen LogP contribution in [-0.4, -0.2) is 50.1 Å². The molecule has 1 aromatic carbocycles. The standard InChI is InChI=1S/C19H22F3N3O2/c20-19(21,22)15-4-1-5-16(14-15)25-11-9-24(10-12-25)8-3-7-23-18(26)17-6-2-13-27-17/h1-2,4-6,13-14H,3,7-12H2,(H,23,26). The molecule has 1 fully saturated rings. The average molecular weight is 381 g/mol. The van der Waals surface area contributed by atoms with E-state index in [1.165, 1.54) is 18.4 Å². The maximum atomic E-state index is 12.9. The van der Waals surface area contributed by atoms with E-state index >= 15 is 0 Å². The van der Waals surface area contributed by atoms with Gasteiger partial charge in [0, 0.05) is 38.4 Å². The van der Waals surface area contributed by atoms with Gasteiger partial charge in [0.15, 0.2) is 5.76 Å². The second kappa shape index (κ2) is 8.47. The number of carbonyl (C=O) groups is 1. The zero-order chi connectivity index (χ0) is 19.3. The van der Waals surface area contributed by atoms with Crippen LogP contribution < -0.4 is 10.2 Å². The minimum absolute atomic E-state index is 0.227. The van der Waals surface area contributed by atoms with Gasteiger partial charge in [-0.3, -0.25) is 9.69 Å². The summed E-state index contributed by atoms with van der Waals surface area (Å²) in [6, 6.07) is 8.75. The van der Waals surface area contributed by atoms with Crippen molar-refractivity contribution < 1.29 is 22.4 Å². The lowest BCUT2D eigenvalue weighted by Gasteiger charge is -2.36. The second-order valence-corrected chi connectivity index (χ2v) is 6.46. The van der Waals surface area contributed by atoms with Crippen molar-refractivity contribution in [3.05, 3.63) is 54.0 Å². The molecule has 1 N–H and O–H groups in total. The Labute approximate surface area is 155 Å². The highest BCUT2D eigenvalue weighted by Gasteiger charge is 2.31. The lowest BCUT2D eigenvalue weighted by Crippen LogP contribution is -2.47. The first-order chi connectivity index (χ1) is 12.9. The van der Waals surface area contributed by atoms with Crippen molar-refractivity contribution in [2.75, 3.05) is 44.2 Å². The Morgan fingerprint density at radius 1 is 1.11 bits per heavy atom. The molecular weight excluding hydrogens is 359 g/mol. The molecule has 1 saturated heterocycles. The first-order valence-corrected chi connectivity index (χ1v) is 8.90. The highest BCUT2D eigenvalue weighted by molar-refractivity contribution is 5.91. The molecule has 0 atom stereocenters. The van der Waals surface area contributed by atoms with Crippen molar-refractivity contribution in [1.82, 2.24) is 10.2 Å². The van der Waals surface area contributed by atoms with Crippen molar-refractivity contribution in [3.8, 4) is 0 Å². The van der Waals surface area contributed by atoms with Crippen LogP contribution in [0.3, 0.4) is 0 Å². The Kier molecular flexibility index (Phi) is 6.05. The Hall–Kier alpha value is -2.48. The molecule has 1 aliphatic heterocycles. The summed E-state index contributed by atoms with van der Waals surface area (Å²) in [5.41, 5.74) is -0.00934. The molecule has 2 aromatic rings. The van der Waals surface area contributed by atoms with Crippen molar-refractivity contribution in [2.45, 2.75) is 12.6 Å². The van der Waals surface area contributed by atoms with Gasteiger partial charge >= 0.3 is 6.18 Å². The fourth-order valence-corrected chi connectivity index (χ4v) is 3.11. The number of hydrogen-bond donors (Lipinski definition) is 1. The minimum Gasteiger partial charge on any atom is -0.459 e. The summed E-state index contributed by atoms with van der Waals surface area (Å²) in [6.07, 6.45) is -2.06. The molecule has 1 amide bonds. The summed E-state index contributed by atoms with van der Waals surface area (Å²) >= 11 is 0. The number of alkyl halides is 3. The second-order valence-electron chi connectivity index (χ2n) is 6.46. The maximum absolute atomic E-state index is 12.9. The van der Waals surface area contributed by atoms with E-state index in [1.807, 2.05) is 4.90 Å². The summed E-state index contributed by atoms with van der Waals surface area (Å²) in [7, 11) is 0. The van der Waals surface area contributed by atoms with E-state index in [-0.39, 0.29) is 5.91 Å². The third-order valence-electron chi connectivity index (χ3n) is 4.59. The number of hydrogen-bond acceptors (Lipinski definition) is 4. The molecule has 1 aliphatic rings. The van der Waals surface area contributed by atoms with Crippen LogP contribution in [0.5, 0.6) is 0 Å². The summed E-state index contributed by atoms with van der Waals surface area (Å²) in [6.45, 7) is 4.30. The molecule has 2 heterocycles. The quantitative estimate of drug-likeness (QED) is 0.781. The largest absolute Gasteiger partial charge is 0.459 e. The van der Waals surface area contributed by atoms with Crippen molar-refractivity contribution >= 4 is 11.6 Å². The molecule has 27 heavy (non-hydrogen) atoms. The van der Waals surface area contributed by atoms with E-state index in [0.29, 0.717) is 31.1 Å². The Morgan fingerprint density at radius 2 is 1.89 bits per heavy atom. The SMILES string of the molecule is O=C(NCCCN1CCN(c2cccc(C(F)(F)F)c2)CC1)c1ccco1. The number of carbonyl (C=O) groups excluding carboxylic acids is 1. The number of nitrogens with one attached hydrogen (secondary N) is 1. The number of amides is 1. The first-order valence-electron chi connectivity index (χ1n) is 8.90. The Morgan fingerprint density at radius 3 is 2.56 bits per heavy atom. The number of piperazine rings is 1. The van der Waals surface area contributed by atoms with Gasteiger partial charge in [0.1, 0.15) is 0 Å². The zero-order valence-corrected chi connectivity index (χ0v) is 14.8. The number of halogens is 3. The molecule has 0 radical (unpaired) electrons. The van der Waals surface area contributed by atoms with Crippen LogP contribution in [-0.2, 0) is 6.18 Å². The van der Waals surface area contributed by atoms with Gasteiger partial charge in [-0.2, -0.15) is 13.2 Å². The van der Waals surface area contributed by atoms with Gasteiger partial charge < -0.3 is 14.6 Å². The highest BCUT2D eigenvalue weighted by Crippen LogP contribution is 2.31. The summed E-state index contributed by atoms with van der Waals surface area (Å²) in [5.74, 6) is 0.0686. The molecular formula is C19H22F3N3O2. The third-order valence-corrected chi connectivity index (χ3v) is 4.59. The molecule has 5 nitrogen and oxygen atoms in total. The third kappa shape index (κ3) is 5.26. The van der Waals surface area contributed by atoms with E-state index in [9.17, 15) is 18.0 Å². The van der Waals surface area contributed by atoms with E-state index in [1.54, 1.807) is 18.2 Å². The van der Waals surface area contributed by atoms with Crippen LogP contribution in [0.1, 0.15) is 22.5 Å². The van der Waals surface area contributed by atoms with E-state index < -0.39 is 11.7 Å². The van der Waals surface area contributed by atoms with Crippen LogP contribution >= 0.6 is 0 Å².